The number of methoxy groups -OCH3 is 1. The normalized spacial score (nSPS) is 14.0. The highest BCUT2D eigenvalue weighted by molar-refractivity contribution is 6.06. The Hall–Kier alpha value is -3.15. The monoisotopic (exact) mass is 377 g/mol. The molecule has 0 bridgehead atoms. The molecule has 3 aromatic rings. The number of carbonyl (C=O) groups is 1. The van der Waals surface area contributed by atoms with Gasteiger partial charge in [-0.3, -0.25) is 14.2 Å². The van der Waals surface area contributed by atoms with Gasteiger partial charge in [0.2, 0.25) is 0 Å². The first-order valence-electron chi connectivity index (χ1n) is 9.65. The first kappa shape index (κ1) is 18.2. The van der Waals surface area contributed by atoms with Crippen molar-refractivity contribution in [2.24, 2.45) is 0 Å². The molecule has 2 heterocycles. The van der Waals surface area contributed by atoms with Gasteiger partial charge in [-0.2, -0.15) is 0 Å². The van der Waals surface area contributed by atoms with E-state index in [1.54, 1.807) is 42.0 Å². The Morgan fingerprint density at radius 3 is 2.79 bits per heavy atom. The van der Waals surface area contributed by atoms with Crippen LogP contribution in [0.5, 0.6) is 5.75 Å². The second-order valence-corrected chi connectivity index (χ2v) is 7.04. The van der Waals surface area contributed by atoms with Gasteiger partial charge in [0.1, 0.15) is 11.6 Å². The summed E-state index contributed by atoms with van der Waals surface area (Å²) in [6, 6.07) is 12.3. The second-order valence-electron chi connectivity index (χ2n) is 7.04. The molecular weight excluding hydrogens is 354 g/mol. The fourth-order valence-electron chi connectivity index (χ4n) is 3.68. The van der Waals surface area contributed by atoms with E-state index in [0.29, 0.717) is 34.4 Å². The molecule has 1 amide bonds. The third-order valence-corrected chi connectivity index (χ3v) is 5.18. The number of nitrogens with one attached hydrogen (secondary N) is 1. The molecule has 28 heavy (non-hydrogen) atoms. The number of para-hydroxylation sites is 2. The minimum absolute atomic E-state index is 0.0152. The van der Waals surface area contributed by atoms with Crippen LogP contribution >= 0.6 is 0 Å². The number of nitrogens with zero attached hydrogens (tertiary/aromatic N) is 2. The second kappa shape index (κ2) is 7.84. The summed E-state index contributed by atoms with van der Waals surface area (Å²) in [5, 5.41) is 3.42. The maximum atomic E-state index is 12.9. The van der Waals surface area contributed by atoms with E-state index in [0.717, 1.165) is 37.9 Å². The minimum Gasteiger partial charge on any atom is -0.495 e. The summed E-state index contributed by atoms with van der Waals surface area (Å²) < 4.78 is 7.08. The van der Waals surface area contributed by atoms with E-state index in [1.807, 2.05) is 12.1 Å². The Morgan fingerprint density at radius 1 is 1.11 bits per heavy atom. The lowest BCUT2D eigenvalue weighted by atomic mass is 10.1. The van der Waals surface area contributed by atoms with Gasteiger partial charge in [0.05, 0.1) is 23.7 Å². The maximum Gasteiger partial charge on any atom is 0.261 e. The van der Waals surface area contributed by atoms with Gasteiger partial charge in [0.25, 0.3) is 11.5 Å². The molecule has 1 aliphatic heterocycles. The number of aryl methyl sites for hydroxylation is 1. The Labute approximate surface area is 163 Å². The molecule has 1 N–H and O–H groups in total. The first-order valence-corrected chi connectivity index (χ1v) is 9.65. The number of hydrogen-bond acceptors (Lipinski definition) is 4. The summed E-state index contributed by atoms with van der Waals surface area (Å²) in [6.07, 6.45) is 5.13. The highest BCUT2D eigenvalue weighted by Gasteiger charge is 2.15. The molecule has 0 saturated carbocycles. The van der Waals surface area contributed by atoms with Crippen LogP contribution in [-0.2, 0) is 13.0 Å². The molecule has 0 aliphatic carbocycles. The quantitative estimate of drug-likeness (QED) is 0.754. The number of benzene rings is 2. The number of ether oxygens (including phenoxy) is 1. The number of anilines is 1. The third-order valence-electron chi connectivity index (χ3n) is 5.18. The summed E-state index contributed by atoms with van der Waals surface area (Å²) in [5.41, 5.74) is 1.62. The molecule has 0 saturated heterocycles. The molecule has 1 aliphatic rings. The number of carbonyl (C=O) groups excluding carboxylic acids is 1. The number of rotatable bonds is 3. The van der Waals surface area contributed by atoms with Crippen molar-refractivity contribution in [3.8, 4) is 5.75 Å². The third kappa shape index (κ3) is 3.50. The number of amides is 1. The predicted octanol–water partition coefficient (Wildman–Crippen LogP) is 3.77. The summed E-state index contributed by atoms with van der Waals surface area (Å²) in [4.78, 5) is 30.3. The Bertz CT molecular complexity index is 1090. The van der Waals surface area contributed by atoms with Crippen molar-refractivity contribution in [3.63, 3.8) is 0 Å². The standard InChI is InChI=1S/C22H23N3O3/c1-28-19-9-6-5-8-17(19)24-21(26)15-11-12-16-18(14-15)23-20-10-4-2-3-7-13-25(20)22(16)27/h5-6,8-9,11-12,14H,2-4,7,10,13H2,1H3,(H,24,26). The zero-order valence-electron chi connectivity index (χ0n) is 15.9. The van der Waals surface area contributed by atoms with Gasteiger partial charge in [-0.1, -0.05) is 25.0 Å². The molecule has 2 aromatic carbocycles. The molecule has 0 radical (unpaired) electrons. The van der Waals surface area contributed by atoms with Crippen molar-refractivity contribution in [2.75, 3.05) is 12.4 Å². The number of hydrogen-bond donors (Lipinski definition) is 1. The molecule has 0 fully saturated rings. The van der Waals surface area contributed by atoms with E-state index in [-0.39, 0.29) is 11.5 Å². The fraction of sp³-hybridized carbons (Fsp3) is 0.318. The first-order chi connectivity index (χ1) is 13.7. The molecule has 0 unspecified atom stereocenters. The van der Waals surface area contributed by atoms with Crippen LogP contribution in [0.3, 0.4) is 0 Å². The van der Waals surface area contributed by atoms with E-state index in [2.05, 4.69) is 5.32 Å². The Kier molecular flexibility index (Phi) is 5.10. The average molecular weight is 377 g/mol. The van der Waals surface area contributed by atoms with E-state index in [4.69, 9.17) is 9.72 Å². The zero-order chi connectivity index (χ0) is 19.5. The van der Waals surface area contributed by atoms with E-state index in [9.17, 15) is 9.59 Å². The van der Waals surface area contributed by atoms with Crippen molar-refractivity contribution in [3.05, 3.63) is 64.2 Å². The van der Waals surface area contributed by atoms with Crippen LogP contribution in [0.1, 0.15) is 41.9 Å². The van der Waals surface area contributed by atoms with Crippen LogP contribution < -0.4 is 15.6 Å². The van der Waals surface area contributed by atoms with Crippen LogP contribution in [0.25, 0.3) is 10.9 Å². The van der Waals surface area contributed by atoms with E-state index < -0.39 is 0 Å². The Morgan fingerprint density at radius 2 is 1.93 bits per heavy atom. The topological polar surface area (TPSA) is 73.2 Å². The van der Waals surface area contributed by atoms with Crippen molar-refractivity contribution in [1.29, 1.82) is 0 Å². The number of fused-ring (bicyclic) bond motifs is 2. The lowest BCUT2D eigenvalue weighted by Gasteiger charge is -2.16. The van der Waals surface area contributed by atoms with Crippen LogP contribution in [0, 0.1) is 0 Å². The van der Waals surface area contributed by atoms with Crippen molar-refractivity contribution < 1.29 is 9.53 Å². The van der Waals surface area contributed by atoms with Crippen LogP contribution in [-0.4, -0.2) is 22.6 Å². The molecule has 1 aromatic heterocycles. The summed E-state index contributed by atoms with van der Waals surface area (Å²) in [7, 11) is 1.56. The number of aromatic nitrogens is 2. The minimum atomic E-state index is -0.264. The van der Waals surface area contributed by atoms with Gasteiger partial charge in [-0.05, 0) is 43.2 Å². The lowest BCUT2D eigenvalue weighted by molar-refractivity contribution is 0.102. The molecule has 144 valence electrons. The summed E-state index contributed by atoms with van der Waals surface area (Å²) in [6.45, 7) is 0.715. The fourth-order valence-corrected chi connectivity index (χ4v) is 3.68. The van der Waals surface area contributed by atoms with Gasteiger partial charge < -0.3 is 10.1 Å². The molecule has 6 nitrogen and oxygen atoms in total. The molecule has 0 atom stereocenters. The van der Waals surface area contributed by atoms with Crippen molar-refractivity contribution >= 4 is 22.5 Å². The van der Waals surface area contributed by atoms with Crippen LogP contribution in [0.2, 0.25) is 0 Å². The van der Waals surface area contributed by atoms with Crippen LogP contribution in [0.15, 0.2) is 47.3 Å². The highest BCUT2D eigenvalue weighted by atomic mass is 16.5. The van der Waals surface area contributed by atoms with Gasteiger partial charge in [-0.15, -0.1) is 0 Å². The maximum absolute atomic E-state index is 12.9. The smallest absolute Gasteiger partial charge is 0.261 e. The van der Waals surface area contributed by atoms with Crippen molar-refractivity contribution in [1.82, 2.24) is 9.55 Å². The lowest BCUT2D eigenvalue weighted by Crippen LogP contribution is -2.26. The average Bonchev–Trinajstić information content (AvgIpc) is 2.69. The molecule has 6 heteroatoms. The van der Waals surface area contributed by atoms with Gasteiger partial charge in [-0.25, -0.2) is 4.98 Å². The summed E-state index contributed by atoms with van der Waals surface area (Å²) in [5.74, 6) is 1.15. The summed E-state index contributed by atoms with van der Waals surface area (Å²) >= 11 is 0. The van der Waals surface area contributed by atoms with Crippen LogP contribution in [0.4, 0.5) is 5.69 Å². The SMILES string of the molecule is COc1ccccc1NC(=O)c1ccc2c(=O)n3c(nc2c1)CCCCCC3. The highest BCUT2D eigenvalue weighted by Crippen LogP contribution is 2.24. The van der Waals surface area contributed by atoms with E-state index >= 15 is 0 Å². The van der Waals surface area contributed by atoms with Gasteiger partial charge >= 0.3 is 0 Å². The zero-order valence-corrected chi connectivity index (χ0v) is 15.9. The van der Waals surface area contributed by atoms with E-state index in [1.165, 1.54) is 0 Å². The van der Waals surface area contributed by atoms with Gasteiger partial charge in [0, 0.05) is 18.5 Å². The molecule has 4 rings (SSSR count). The molecular formula is C22H23N3O3. The van der Waals surface area contributed by atoms with Gasteiger partial charge in [0.15, 0.2) is 0 Å². The van der Waals surface area contributed by atoms with Crippen molar-refractivity contribution in [2.45, 2.75) is 38.6 Å². The largest absolute Gasteiger partial charge is 0.495 e. The molecule has 0 spiro atoms. The predicted molar refractivity (Wildman–Crippen MR) is 109 cm³/mol. The Balaban J connectivity index is 1.70.